The van der Waals surface area contributed by atoms with E-state index >= 15 is 0 Å². The third-order valence-corrected chi connectivity index (χ3v) is 6.95. The lowest BCUT2D eigenvalue weighted by molar-refractivity contribution is -0.122. The van der Waals surface area contributed by atoms with Crippen LogP contribution in [0.4, 0.5) is 10.7 Å². The van der Waals surface area contributed by atoms with Gasteiger partial charge in [-0.3, -0.25) is 9.59 Å². The van der Waals surface area contributed by atoms with Gasteiger partial charge in [0.25, 0.3) is 11.8 Å². The van der Waals surface area contributed by atoms with Crippen LogP contribution in [0.25, 0.3) is 0 Å². The zero-order chi connectivity index (χ0) is 22.7. The molecule has 1 heterocycles. The summed E-state index contributed by atoms with van der Waals surface area (Å²) in [6.07, 6.45) is 3.14. The lowest BCUT2D eigenvalue weighted by atomic mass is 9.95. The molecule has 0 bridgehead atoms. The van der Waals surface area contributed by atoms with Crippen molar-refractivity contribution in [2.24, 2.45) is 0 Å². The minimum Gasteiger partial charge on any atom is -0.481 e. The van der Waals surface area contributed by atoms with Gasteiger partial charge in [0.1, 0.15) is 10.8 Å². The predicted molar refractivity (Wildman–Crippen MR) is 130 cm³/mol. The Morgan fingerprint density at radius 1 is 1.06 bits per heavy atom. The lowest BCUT2D eigenvalue weighted by Gasteiger charge is -2.16. The normalized spacial score (nSPS) is 13.7. The summed E-state index contributed by atoms with van der Waals surface area (Å²) >= 11 is 7.50. The number of carbonyl (C=O) groups is 2. The smallest absolute Gasteiger partial charge is 0.265 e. The summed E-state index contributed by atoms with van der Waals surface area (Å²) < 4.78 is 5.75. The summed E-state index contributed by atoms with van der Waals surface area (Å²) in [5.74, 6) is 0.00840. The average Bonchev–Trinajstić information content (AvgIpc) is 3.13. The van der Waals surface area contributed by atoms with E-state index in [1.54, 1.807) is 31.2 Å². The van der Waals surface area contributed by atoms with Crippen LogP contribution < -0.4 is 15.4 Å². The van der Waals surface area contributed by atoms with Gasteiger partial charge in [-0.2, -0.15) is 0 Å². The van der Waals surface area contributed by atoms with Crippen LogP contribution in [0, 0.1) is 6.92 Å². The van der Waals surface area contributed by atoms with Crippen molar-refractivity contribution < 1.29 is 14.3 Å². The van der Waals surface area contributed by atoms with E-state index < -0.39 is 6.10 Å². The monoisotopic (exact) mass is 468 g/mol. The van der Waals surface area contributed by atoms with Crippen LogP contribution in [0.1, 0.15) is 46.1 Å². The van der Waals surface area contributed by atoms with Crippen LogP contribution in [0.5, 0.6) is 5.75 Å². The maximum Gasteiger partial charge on any atom is 0.265 e. The topological polar surface area (TPSA) is 67.4 Å². The summed E-state index contributed by atoms with van der Waals surface area (Å²) in [4.78, 5) is 27.4. The number of fused-ring (bicyclic) bond motifs is 1. The Kier molecular flexibility index (Phi) is 6.82. The second kappa shape index (κ2) is 9.76. The van der Waals surface area contributed by atoms with Crippen LogP contribution in [0.2, 0.25) is 5.02 Å². The van der Waals surface area contributed by atoms with Crippen molar-refractivity contribution in [1.29, 1.82) is 0 Å². The number of carbonyl (C=O) groups excluding carboxylic acids is 2. The first-order chi connectivity index (χ1) is 15.4. The SMILES string of the molecule is Cc1ccccc1NC(=O)c1c(NC(=O)[C@H](C)Oc2cccc(Cl)c2)sc2c1CCCC2. The summed E-state index contributed by atoms with van der Waals surface area (Å²) in [6.45, 7) is 3.63. The highest BCUT2D eigenvalue weighted by Crippen LogP contribution is 2.39. The number of rotatable bonds is 6. The van der Waals surface area contributed by atoms with E-state index in [2.05, 4.69) is 10.6 Å². The number of halogens is 1. The molecule has 7 heteroatoms. The van der Waals surface area contributed by atoms with Crippen LogP contribution >= 0.6 is 22.9 Å². The molecule has 2 N–H and O–H groups in total. The van der Waals surface area contributed by atoms with Crippen molar-refractivity contribution in [2.45, 2.75) is 45.6 Å². The zero-order valence-electron chi connectivity index (χ0n) is 18.0. The summed E-state index contributed by atoms with van der Waals surface area (Å²) in [6, 6.07) is 14.6. The second-order valence-corrected chi connectivity index (χ2v) is 9.43. The standard InChI is InChI=1S/C25H25ClN2O3S/c1-15-8-3-5-12-20(15)27-24(30)22-19-11-4-6-13-21(19)32-25(22)28-23(29)16(2)31-18-10-7-9-17(26)14-18/h3,5,7-10,12,14,16H,4,6,11,13H2,1-2H3,(H,27,30)(H,28,29)/t16-/m0/s1. The highest BCUT2D eigenvalue weighted by molar-refractivity contribution is 7.17. The predicted octanol–water partition coefficient (Wildman–Crippen LogP) is 6.25. The molecular formula is C25H25ClN2O3S. The van der Waals surface area contributed by atoms with Crippen molar-refractivity contribution in [3.8, 4) is 5.75 Å². The first-order valence-electron chi connectivity index (χ1n) is 10.7. The number of amides is 2. The highest BCUT2D eigenvalue weighted by Gasteiger charge is 2.28. The first kappa shape index (κ1) is 22.4. The Morgan fingerprint density at radius 2 is 1.84 bits per heavy atom. The van der Waals surface area contributed by atoms with E-state index in [1.807, 2.05) is 31.2 Å². The fourth-order valence-electron chi connectivity index (χ4n) is 3.80. The summed E-state index contributed by atoms with van der Waals surface area (Å²) in [5, 5.41) is 7.08. The number of benzene rings is 2. The fraction of sp³-hybridized carbons (Fsp3) is 0.280. The van der Waals surface area contributed by atoms with Gasteiger partial charge < -0.3 is 15.4 Å². The Morgan fingerprint density at radius 3 is 2.62 bits per heavy atom. The van der Waals surface area contributed by atoms with Crippen molar-refractivity contribution in [2.75, 3.05) is 10.6 Å². The van der Waals surface area contributed by atoms with Crippen LogP contribution in [0.3, 0.4) is 0 Å². The number of ether oxygens (including phenoxy) is 1. The molecule has 0 unspecified atom stereocenters. The number of para-hydroxylation sites is 1. The van der Waals surface area contributed by atoms with Crippen LogP contribution in [-0.4, -0.2) is 17.9 Å². The number of anilines is 2. The molecule has 0 saturated heterocycles. The Bertz CT molecular complexity index is 1160. The molecule has 5 nitrogen and oxygen atoms in total. The first-order valence-corrected chi connectivity index (χ1v) is 11.9. The van der Waals surface area contributed by atoms with Crippen LogP contribution in [-0.2, 0) is 17.6 Å². The number of hydrogen-bond donors (Lipinski definition) is 2. The molecule has 0 fully saturated rings. The van der Waals surface area contributed by atoms with Gasteiger partial charge >= 0.3 is 0 Å². The Labute approximate surface area is 196 Å². The molecule has 1 aliphatic rings. The van der Waals surface area contributed by atoms with Gasteiger partial charge in [0.15, 0.2) is 6.10 Å². The van der Waals surface area contributed by atoms with Gasteiger partial charge in [0.05, 0.1) is 5.56 Å². The number of thiophene rings is 1. The van der Waals surface area contributed by atoms with E-state index in [-0.39, 0.29) is 11.8 Å². The van der Waals surface area contributed by atoms with Crippen LogP contribution in [0.15, 0.2) is 48.5 Å². The number of nitrogens with one attached hydrogen (secondary N) is 2. The van der Waals surface area contributed by atoms with Gasteiger partial charge in [0, 0.05) is 15.6 Å². The molecular weight excluding hydrogens is 444 g/mol. The van der Waals surface area contributed by atoms with Crippen molar-refractivity contribution in [3.63, 3.8) is 0 Å². The zero-order valence-corrected chi connectivity index (χ0v) is 19.6. The van der Waals surface area contributed by atoms with Crippen molar-refractivity contribution in [3.05, 3.63) is 75.1 Å². The average molecular weight is 469 g/mol. The van der Waals surface area contributed by atoms with Crippen molar-refractivity contribution >= 4 is 45.4 Å². The molecule has 0 saturated carbocycles. The minimum atomic E-state index is -0.750. The van der Waals surface area contributed by atoms with Gasteiger partial charge in [-0.15, -0.1) is 11.3 Å². The maximum atomic E-state index is 13.3. The lowest BCUT2D eigenvalue weighted by Crippen LogP contribution is -2.30. The number of hydrogen-bond acceptors (Lipinski definition) is 4. The largest absolute Gasteiger partial charge is 0.481 e. The van der Waals surface area contributed by atoms with E-state index in [0.717, 1.165) is 42.5 Å². The summed E-state index contributed by atoms with van der Waals surface area (Å²) in [5.41, 5.74) is 3.37. The molecule has 0 aliphatic heterocycles. The molecule has 3 aromatic rings. The van der Waals surface area contributed by atoms with Gasteiger partial charge in [-0.05, 0) is 74.9 Å². The molecule has 1 atom stereocenters. The quantitative estimate of drug-likeness (QED) is 0.449. The summed E-state index contributed by atoms with van der Waals surface area (Å²) in [7, 11) is 0. The molecule has 4 rings (SSSR count). The molecule has 2 aromatic carbocycles. The molecule has 32 heavy (non-hydrogen) atoms. The van der Waals surface area contributed by atoms with E-state index in [4.69, 9.17) is 16.3 Å². The molecule has 1 aromatic heterocycles. The van der Waals surface area contributed by atoms with Crippen molar-refractivity contribution in [1.82, 2.24) is 0 Å². The molecule has 166 valence electrons. The molecule has 0 radical (unpaired) electrons. The molecule has 1 aliphatic carbocycles. The highest BCUT2D eigenvalue weighted by atomic mass is 35.5. The Hall–Kier alpha value is -2.83. The van der Waals surface area contributed by atoms with Gasteiger partial charge in [0.2, 0.25) is 0 Å². The van der Waals surface area contributed by atoms with Gasteiger partial charge in [-0.25, -0.2) is 0 Å². The van der Waals surface area contributed by atoms with Gasteiger partial charge in [-0.1, -0.05) is 35.9 Å². The van der Waals surface area contributed by atoms with E-state index in [9.17, 15) is 9.59 Å². The second-order valence-electron chi connectivity index (χ2n) is 7.89. The van der Waals surface area contributed by atoms with E-state index in [0.29, 0.717) is 21.3 Å². The molecule has 0 spiro atoms. The molecule has 2 amide bonds. The minimum absolute atomic E-state index is 0.197. The van der Waals surface area contributed by atoms with E-state index in [1.165, 1.54) is 16.2 Å². The third-order valence-electron chi connectivity index (χ3n) is 5.51. The maximum absolute atomic E-state index is 13.3. The fourth-order valence-corrected chi connectivity index (χ4v) is 5.27. The Balaban J connectivity index is 1.56. The third kappa shape index (κ3) is 4.97. The number of aryl methyl sites for hydroxylation is 2.